The molecule has 0 saturated heterocycles. The number of hydrogen-bond donors (Lipinski definition) is 0. The molecular weight excluding hydrogens is 182 g/mol. The topological polar surface area (TPSA) is 38.7 Å². The van der Waals surface area contributed by atoms with E-state index in [0.29, 0.717) is 5.16 Å². The molecule has 13 heavy (non-hydrogen) atoms. The van der Waals surface area contributed by atoms with E-state index in [0.717, 1.165) is 11.4 Å². The molecule has 0 bridgehead atoms. The van der Waals surface area contributed by atoms with Crippen molar-refractivity contribution in [3.63, 3.8) is 0 Å². The van der Waals surface area contributed by atoms with Crippen LogP contribution in [0.4, 0.5) is 0 Å². The van der Waals surface area contributed by atoms with E-state index in [2.05, 4.69) is 15.0 Å². The van der Waals surface area contributed by atoms with Gasteiger partial charge in [0.15, 0.2) is 0 Å². The molecule has 0 aliphatic carbocycles. The fraction of sp³-hybridized carbons (Fsp3) is 0. The minimum Gasteiger partial charge on any atom is -0.255 e. The lowest BCUT2D eigenvalue weighted by molar-refractivity contribution is 0.975. The molecule has 0 N–H and O–H groups in total. The molecule has 3 nitrogen and oxygen atoms in total. The van der Waals surface area contributed by atoms with Gasteiger partial charge in [-0.2, -0.15) is 0 Å². The van der Waals surface area contributed by atoms with Crippen LogP contribution >= 0.6 is 12.6 Å². The first-order valence-corrected chi connectivity index (χ1v) is 4.18. The van der Waals surface area contributed by atoms with E-state index in [1.807, 2.05) is 18.2 Å². The lowest BCUT2D eigenvalue weighted by Gasteiger charge is -1.97. The zero-order valence-electron chi connectivity index (χ0n) is 6.71. The van der Waals surface area contributed by atoms with Crippen LogP contribution in [0.25, 0.3) is 11.4 Å². The Morgan fingerprint density at radius 2 is 1.85 bits per heavy atom. The first-order valence-electron chi connectivity index (χ1n) is 3.78. The van der Waals surface area contributed by atoms with Gasteiger partial charge < -0.3 is 0 Å². The van der Waals surface area contributed by atoms with Gasteiger partial charge in [-0.25, -0.2) is 9.97 Å². The van der Waals surface area contributed by atoms with Crippen LogP contribution in [0.3, 0.4) is 0 Å². The molecule has 0 aromatic carbocycles. The Kier molecular flexibility index (Phi) is 2.14. The molecule has 0 amide bonds. The van der Waals surface area contributed by atoms with Crippen LogP contribution in [-0.2, 0) is 0 Å². The van der Waals surface area contributed by atoms with E-state index in [4.69, 9.17) is 12.6 Å². The highest BCUT2D eigenvalue weighted by Crippen LogP contribution is 2.12. The molecular formula is C9H6N3S. The average Bonchev–Trinajstić information content (AvgIpc) is 2.19. The number of aromatic nitrogens is 3. The summed E-state index contributed by atoms with van der Waals surface area (Å²) in [7, 11) is 0. The van der Waals surface area contributed by atoms with Crippen molar-refractivity contribution < 1.29 is 0 Å². The zero-order chi connectivity index (χ0) is 9.10. The van der Waals surface area contributed by atoms with Crippen molar-refractivity contribution in [3.05, 3.63) is 36.7 Å². The van der Waals surface area contributed by atoms with Crippen molar-refractivity contribution in [2.24, 2.45) is 0 Å². The van der Waals surface area contributed by atoms with E-state index in [1.165, 1.54) is 0 Å². The standard InChI is InChI=1S/C9H6N3S/c13-9-11-6-4-8(12-9)7-3-1-2-5-10-7/h1-6H. The van der Waals surface area contributed by atoms with Gasteiger partial charge >= 0.3 is 0 Å². The van der Waals surface area contributed by atoms with Gasteiger partial charge in [0.25, 0.3) is 0 Å². The third-order valence-electron chi connectivity index (χ3n) is 1.56. The van der Waals surface area contributed by atoms with Crippen LogP contribution < -0.4 is 0 Å². The molecule has 0 unspecified atom stereocenters. The molecule has 0 fully saturated rings. The highest BCUT2D eigenvalue weighted by Gasteiger charge is 1.99. The molecule has 0 saturated carbocycles. The fourth-order valence-electron chi connectivity index (χ4n) is 0.998. The van der Waals surface area contributed by atoms with Gasteiger partial charge in [0.2, 0.25) is 5.16 Å². The van der Waals surface area contributed by atoms with Crippen molar-refractivity contribution in [2.45, 2.75) is 5.16 Å². The molecule has 0 aliphatic rings. The Bertz CT molecular complexity index is 403. The second-order valence-corrected chi connectivity index (χ2v) is 2.80. The van der Waals surface area contributed by atoms with E-state index in [9.17, 15) is 0 Å². The van der Waals surface area contributed by atoms with Gasteiger partial charge in [0, 0.05) is 12.4 Å². The van der Waals surface area contributed by atoms with Gasteiger partial charge in [0.1, 0.15) is 0 Å². The van der Waals surface area contributed by atoms with E-state index >= 15 is 0 Å². The van der Waals surface area contributed by atoms with Crippen molar-refractivity contribution >= 4 is 12.6 Å². The van der Waals surface area contributed by atoms with Crippen LogP contribution in [0.1, 0.15) is 0 Å². The first-order chi connectivity index (χ1) is 6.36. The molecule has 0 aliphatic heterocycles. The summed E-state index contributed by atoms with van der Waals surface area (Å²) in [6, 6.07) is 7.45. The van der Waals surface area contributed by atoms with Crippen LogP contribution in [-0.4, -0.2) is 15.0 Å². The summed E-state index contributed by atoms with van der Waals surface area (Å²) in [5.41, 5.74) is 1.58. The fourth-order valence-corrected chi connectivity index (χ4v) is 1.16. The summed E-state index contributed by atoms with van der Waals surface area (Å²) in [5.74, 6) is 0. The summed E-state index contributed by atoms with van der Waals surface area (Å²) in [6.45, 7) is 0. The maximum Gasteiger partial charge on any atom is 0.219 e. The normalized spacial score (nSPS) is 9.85. The van der Waals surface area contributed by atoms with Crippen LogP contribution in [0, 0.1) is 0 Å². The summed E-state index contributed by atoms with van der Waals surface area (Å²) >= 11 is 4.85. The van der Waals surface area contributed by atoms with Crippen molar-refractivity contribution in [3.8, 4) is 11.4 Å². The van der Waals surface area contributed by atoms with Gasteiger partial charge in [-0.15, -0.1) is 0 Å². The summed E-state index contributed by atoms with van der Waals surface area (Å²) in [6.07, 6.45) is 3.36. The van der Waals surface area contributed by atoms with Crippen LogP contribution in [0.5, 0.6) is 0 Å². The number of pyridine rings is 1. The Morgan fingerprint density at radius 1 is 0.923 bits per heavy atom. The molecule has 2 aromatic heterocycles. The Balaban J connectivity index is 2.48. The molecule has 0 atom stereocenters. The summed E-state index contributed by atoms with van der Waals surface area (Å²) in [5, 5.41) is 0.350. The highest BCUT2D eigenvalue weighted by molar-refractivity contribution is 7.80. The molecule has 2 aromatic rings. The van der Waals surface area contributed by atoms with Crippen LogP contribution in [0.2, 0.25) is 0 Å². The van der Waals surface area contributed by atoms with Gasteiger partial charge in [-0.05, 0) is 30.8 Å². The summed E-state index contributed by atoms with van der Waals surface area (Å²) in [4.78, 5) is 12.1. The molecule has 1 radical (unpaired) electrons. The third kappa shape index (κ3) is 1.78. The Morgan fingerprint density at radius 3 is 2.54 bits per heavy atom. The predicted octanol–water partition coefficient (Wildman–Crippen LogP) is 2.09. The lowest BCUT2D eigenvalue weighted by atomic mass is 10.3. The summed E-state index contributed by atoms with van der Waals surface area (Å²) < 4.78 is 0. The van der Waals surface area contributed by atoms with Crippen LogP contribution in [0.15, 0.2) is 41.8 Å². The lowest BCUT2D eigenvalue weighted by Crippen LogP contribution is -1.88. The smallest absolute Gasteiger partial charge is 0.219 e. The molecule has 4 heteroatoms. The van der Waals surface area contributed by atoms with Crippen molar-refractivity contribution in [1.82, 2.24) is 15.0 Å². The minimum atomic E-state index is 0.350. The third-order valence-corrected chi connectivity index (χ3v) is 1.76. The van der Waals surface area contributed by atoms with E-state index < -0.39 is 0 Å². The molecule has 2 heterocycles. The monoisotopic (exact) mass is 188 g/mol. The maximum absolute atomic E-state index is 4.85. The number of nitrogens with zero attached hydrogens (tertiary/aromatic N) is 3. The quantitative estimate of drug-likeness (QED) is 0.643. The Labute approximate surface area is 81.3 Å². The predicted molar refractivity (Wildman–Crippen MR) is 51.1 cm³/mol. The van der Waals surface area contributed by atoms with E-state index in [1.54, 1.807) is 18.5 Å². The largest absolute Gasteiger partial charge is 0.255 e. The van der Waals surface area contributed by atoms with Crippen molar-refractivity contribution in [1.29, 1.82) is 0 Å². The molecule has 2 rings (SSSR count). The number of hydrogen-bond acceptors (Lipinski definition) is 3. The van der Waals surface area contributed by atoms with Crippen molar-refractivity contribution in [2.75, 3.05) is 0 Å². The highest BCUT2D eigenvalue weighted by atomic mass is 32.1. The Hall–Kier alpha value is -1.55. The second kappa shape index (κ2) is 3.45. The van der Waals surface area contributed by atoms with Gasteiger partial charge in [0.05, 0.1) is 11.4 Å². The van der Waals surface area contributed by atoms with Gasteiger partial charge in [-0.3, -0.25) is 4.98 Å². The van der Waals surface area contributed by atoms with E-state index in [-0.39, 0.29) is 0 Å². The first kappa shape index (κ1) is 8.07. The molecule has 0 spiro atoms. The van der Waals surface area contributed by atoms with Gasteiger partial charge in [-0.1, -0.05) is 6.07 Å². The molecule has 63 valence electrons. The number of rotatable bonds is 1. The SMILES string of the molecule is [S]c1nccc(-c2ccccn2)n1. The minimum absolute atomic E-state index is 0.350. The maximum atomic E-state index is 4.85. The zero-order valence-corrected chi connectivity index (χ0v) is 7.53. The second-order valence-electron chi connectivity index (χ2n) is 2.44. The average molecular weight is 188 g/mol.